The van der Waals surface area contributed by atoms with Crippen molar-refractivity contribution in [2.75, 3.05) is 19.2 Å². The first kappa shape index (κ1) is 11.3. The summed E-state index contributed by atoms with van der Waals surface area (Å²) in [7, 11) is 1.49. The molecule has 0 unspecified atom stereocenters. The highest BCUT2D eigenvalue weighted by Crippen LogP contribution is 2.19. The molecule has 1 rings (SSSR count). The average molecular weight is 210 g/mol. The van der Waals surface area contributed by atoms with Crippen LogP contribution in [0.1, 0.15) is 5.56 Å². The van der Waals surface area contributed by atoms with Crippen LogP contribution in [0.2, 0.25) is 0 Å². The van der Waals surface area contributed by atoms with E-state index in [2.05, 4.69) is 15.4 Å². The van der Waals surface area contributed by atoms with E-state index < -0.39 is 0 Å². The summed E-state index contributed by atoms with van der Waals surface area (Å²) >= 11 is 0. The standard InChI is InChI=1S/C10H14N2O3/c1-7-5-8(13)3-4-9(7)12-10(14)11-6-15-2/h3-5,13H,6H2,1-2H3,(H2,11,12,14). The van der Waals surface area contributed by atoms with E-state index in [1.807, 2.05) is 0 Å². The molecule has 0 radical (unpaired) electrons. The summed E-state index contributed by atoms with van der Waals surface area (Å²) in [6.07, 6.45) is 0. The van der Waals surface area contributed by atoms with E-state index >= 15 is 0 Å². The van der Waals surface area contributed by atoms with Crippen LogP contribution in [0.15, 0.2) is 18.2 Å². The highest BCUT2D eigenvalue weighted by Gasteiger charge is 2.03. The molecular weight excluding hydrogens is 196 g/mol. The first-order chi connectivity index (χ1) is 7.13. The molecule has 0 aliphatic heterocycles. The smallest absolute Gasteiger partial charge is 0.321 e. The maximum atomic E-state index is 11.2. The first-order valence-electron chi connectivity index (χ1n) is 4.47. The quantitative estimate of drug-likeness (QED) is 0.522. The molecule has 0 fully saturated rings. The predicted molar refractivity (Wildman–Crippen MR) is 56.9 cm³/mol. The van der Waals surface area contributed by atoms with Gasteiger partial charge in [0.1, 0.15) is 12.5 Å². The molecule has 2 amide bonds. The van der Waals surface area contributed by atoms with Crippen LogP contribution >= 0.6 is 0 Å². The molecule has 0 aromatic heterocycles. The van der Waals surface area contributed by atoms with Crippen LogP contribution in [0.25, 0.3) is 0 Å². The van der Waals surface area contributed by atoms with Crippen molar-refractivity contribution in [3.63, 3.8) is 0 Å². The number of nitrogens with one attached hydrogen (secondary N) is 2. The van der Waals surface area contributed by atoms with Gasteiger partial charge >= 0.3 is 6.03 Å². The lowest BCUT2D eigenvalue weighted by Gasteiger charge is -2.09. The Balaban J connectivity index is 2.60. The van der Waals surface area contributed by atoms with Crippen molar-refractivity contribution in [2.45, 2.75) is 6.92 Å². The zero-order valence-corrected chi connectivity index (χ0v) is 8.70. The molecule has 3 N–H and O–H groups in total. The zero-order valence-electron chi connectivity index (χ0n) is 8.70. The van der Waals surface area contributed by atoms with Crippen molar-refractivity contribution in [1.82, 2.24) is 5.32 Å². The number of carbonyl (C=O) groups excluding carboxylic acids is 1. The SMILES string of the molecule is COCNC(=O)Nc1ccc(O)cc1C. The second kappa shape index (κ2) is 5.21. The van der Waals surface area contributed by atoms with Crippen molar-refractivity contribution in [2.24, 2.45) is 0 Å². The largest absolute Gasteiger partial charge is 0.508 e. The van der Waals surface area contributed by atoms with Crippen LogP contribution in [0, 0.1) is 6.92 Å². The lowest BCUT2D eigenvalue weighted by molar-refractivity contribution is 0.177. The molecule has 1 aromatic rings. The Morgan fingerprint density at radius 1 is 1.53 bits per heavy atom. The minimum Gasteiger partial charge on any atom is -0.508 e. The van der Waals surface area contributed by atoms with E-state index in [9.17, 15) is 4.79 Å². The number of amides is 2. The summed E-state index contributed by atoms with van der Waals surface area (Å²) in [5, 5.41) is 14.3. The number of hydrogen-bond donors (Lipinski definition) is 3. The number of benzene rings is 1. The van der Waals surface area contributed by atoms with Crippen molar-refractivity contribution < 1.29 is 14.6 Å². The van der Waals surface area contributed by atoms with Crippen molar-refractivity contribution >= 4 is 11.7 Å². The molecule has 0 aliphatic carbocycles. The average Bonchev–Trinajstić information content (AvgIpc) is 2.19. The number of hydrogen-bond acceptors (Lipinski definition) is 3. The fraction of sp³-hybridized carbons (Fsp3) is 0.300. The van der Waals surface area contributed by atoms with Crippen molar-refractivity contribution in [1.29, 1.82) is 0 Å². The Hall–Kier alpha value is -1.75. The second-order valence-electron chi connectivity index (χ2n) is 3.06. The van der Waals surface area contributed by atoms with Gasteiger partial charge in [-0.3, -0.25) is 0 Å². The third-order valence-electron chi connectivity index (χ3n) is 1.84. The van der Waals surface area contributed by atoms with Gasteiger partial charge in [0.25, 0.3) is 0 Å². The number of aromatic hydroxyl groups is 1. The maximum absolute atomic E-state index is 11.2. The van der Waals surface area contributed by atoms with Gasteiger partial charge in [0, 0.05) is 12.8 Å². The normalized spacial score (nSPS) is 9.73. The molecular formula is C10H14N2O3. The van der Waals surface area contributed by atoms with Crippen LogP contribution < -0.4 is 10.6 Å². The van der Waals surface area contributed by atoms with Crippen LogP contribution in [-0.4, -0.2) is 25.0 Å². The molecule has 0 bridgehead atoms. The monoisotopic (exact) mass is 210 g/mol. The van der Waals surface area contributed by atoms with Gasteiger partial charge < -0.3 is 20.5 Å². The van der Waals surface area contributed by atoms with E-state index in [-0.39, 0.29) is 18.5 Å². The van der Waals surface area contributed by atoms with Gasteiger partial charge in [-0.15, -0.1) is 0 Å². The van der Waals surface area contributed by atoms with Crippen LogP contribution in [0.3, 0.4) is 0 Å². The van der Waals surface area contributed by atoms with Crippen molar-refractivity contribution in [3.8, 4) is 5.75 Å². The number of phenols is 1. The molecule has 0 saturated carbocycles. The first-order valence-corrected chi connectivity index (χ1v) is 4.47. The number of urea groups is 1. The highest BCUT2D eigenvalue weighted by molar-refractivity contribution is 5.90. The summed E-state index contributed by atoms with van der Waals surface area (Å²) in [4.78, 5) is 11.2. The molecule has 0 atom stereocenters. The number of anilines is 1. The molecule has 1 aromatic carbocycles. The van der Waals surface area contributed by atoms with Gasteiger partial charge in [-0.25, -0.2) is 4.79 Å². The van der Waals surface area contributed by atoms with Crippen LogP contribution in [-0.2, 0) is 4.74 Å². The Bertz CT molecular complexity index is 353. The minimum absolute atomic E-state index is 0.156. The zero-order chi connectivity index (χ0) is 11.3. The summed E-state index contributed by atoms with van der Waals surface area (Å²) in [6, 6.07) is 4.38. The number of phenolic OH excluding ortho intramolecular Hbond substituents is 1. The third-order valence-corrected chi connectivity index (χ3v) is 1.84. The van der Waals surface area contributed by atoms with E-state index in [1.54, 1.807) is 19.1 Å². The number of aryl methyl sites for hydroxylation is 1. The molecule has 0 spiro atoms. The van der Waals surface area contributed by atoms with Crippen LogP contribution in [0.5, 0.6) is 5.75 Å². The Labute approximate surface area is 88.1 Å². The summed E-state index contributed by atoms with van der Waals surface area (Å²) < 4.78 is 4.69. The lowest BCUT2D eigenvalue weighted by Crippen LogP contribution is -2.30. The van der Waals surface area contributed by atoms with E-state index in [1.165, 1.54) is 13.2 Å². The van der Waals surface area contributed by atoms with Gasteiger partial charge in [-0.2, -0.15) is 0 Å². The number of rotatable bonds is 3. The highest BCUT2D eigenvalue weighted by atomic mass is 16.5. The van der Waals surface area contributed by atoms with E-state index in [4.69, 9.17) is 5.11 Å². The van der Waals surface area contributed by atoms with Crippen LogP contribution in [0.4, 0.5) is 10.5 Å². The molecule has 0 heterocycles. The number of methoxy groups -OCH3 is 1. The predicted octanol–water partition coefficient (Wildman–Crippen LogP) is 1.43. The molecule has 82 valence electrons. The fourth-order valence-electron chi connectivity index (χ4n) is 1.09. The van der Waals surface area contributed by atoms with Crippen molar-refractivity contribution in [3.05, 3.63) is 23.8 Å². The summed E-state index contributed by atoms with van der Waals surface area (Å²) in [5.41, 5.74) is 1.45. The van der Waals surface area contributed by atoms with Gasteiger partial charge in [0.15, 0.2) is 0 Å². The van der Waals surface area contributed by atoms with Gasteiger partial charge in [-0.1, -0.05) is 0 Å². The van der Waals surface area contributed by atoms with E-state index in [0.29, 0.717) is 5.69 Å². The van der Waals surface area contributed by atoms with E-state index in [0.717, 1.165) is 5.56 Å². The molecule has 5 heteroatoms. The Morgan fingerprint density at radius 3 is 2.87 bits per heavy atom. The maximum Gasteiger partial charge on any atom is 0.321 e. The second-order valence-corrected chi connectivity index (χ2v) is 3.06. The molecule has 5 nitrogen and oxygen atoms in total. The minimum atomic E-state index is -0.342. The summed E-state index contributed by atoms with van der Waals surface area (Å²) in [6.45, 7) is 1.95. The lowest BCUT2D eigenvalue weighted by atomic mass is 10.2. The summed E-state index contributed by atoms with van der Waals surface area (Å²) in [5.74, 6) is 0.176. The number of ether oxygens (including phenoxy) is 1. The molecule has 15 heavy (non-hydrogen) atoms. The topological polar surface area (TPSA) is 70.6 Å². The van der Waals surface area contributed by atoms with Gasteiger partial charge in [-0.05, 0) is 30.7 Å². The Kier molecular flexibility index (Phi) is 3.93. The number of carbonyl (C=O) groups is 1. The van der Waals surface area contributed by atoms with Gasteiger partial charge in [0.05, 0.1) is 0 Å². The molecule has 0 aliphatic rings. The van der Waals surface area contributed by atoms with Gasteiger partial charge in [0.2, 0.25) is 0 Å². The fourth-order valence-corrected chi connectivity index (χ4v) is 1.09. The Morgan fingerprint density at radius 2 is 2.27 bits per heavy atom. The third kappa shape index (κ3) is 3.47. The molecule has 0 saturated heterocycles.